The SMILES string of the molecule is CCCOc1c(Cl)cc(-c2nc3ccccc3[nH]2)cc1OCC. The molecule has 4 nitrogen and oxygen atoms in total. The lowest BCUT2D eigenvalue weighted by Gasteiger charge is -2.14. The van der Waals surface area contributed by atoms with Gasteiger partial charge in [0.05, 0.1) is 29.3 Å². The van der Waals surface area contributed by atoms with Gasteiger partial charge in [-0.25, -0.2) is 4.98 Å². The smallest absolute Gasteiger partial charge is 0.179 e. The van der Waals surface area contributed by atoms with Crippen LogP contribution in [0.1, 0.15) is 20.3 Å². The van der Waals surface area contributed by atoms with Gasteiger partial charge in [0, 0.05) is 5.56 Å². The zero-order valence-electron chi connectivity index (χ0n) is 13.2. The summed E-state index contributed by atoms with van der Waals surface area (Å²) in [5.74, 6) is 2.00. The van der Waals surface area contributed by atoms with Crippen molar-refractivity contribution in [3.63, 3.8) is 0 Å². The molecule has 0 saturated carbocycles. The highest BCUT2D eigenvalue weighted by Crippen LogP contribution is 2.39. The first-order chi connectivity index (χ1) is 11.2. The van der Waals surface area contributed by atoms with Crippen LogP contribution in [0.3, 0.4) is 0 Å². The predicted octanol–water partition coefficient (Wildman–Crippen LogP) is 5.07. The summed E-state index contributed by atoms with van der Waals surface area (Å²) in [5.41, 5.74) is 2.78. The Morgan fingerprint density at radius 2 is 1.96 bits per heavy atom. The summed E-state index contributed by atoms with van der Waals surface area (Å²) in [6.45, 7) is 5.13. The number of H-pyrrole nitrogens is 1. The van der Waals surface area contributed by atoms with E-state index >= 15 is 0 Å². The number of nitrogens with zero attached hydrogens (tertiary/aromatic N) is 1. The number of para-hydroxylation sites is 2. The second-order valence-electron chi connectivity index (χ2n) is 5.17. The fourth-order valence-electron chi connectivity index (χ4n) is 2.40. The van der Waals surface area contributed by atoms with Gasteiger partial charge in [-0.2, -0.15) is 0 Å². The van der Waals surface area contributed by atoms with Crippen LogP contribution in [0.4, 0.5) is 0 Å². The van der Waals surface area contributed by atoms with Crippen molar-refractivity contribution in [3.05, 3.63) is 41.4 Å². The number of imidazole rings is 1. The van der Waals surface area contributed by atoms with Crippen LogP contribution in [-0.2, 0) is 0 Å². The van der Waals surface area contributed by atoms with E-state index in [0.29, 0.717) is 29.7 Å². The number of ether oxygens (including phenoxy) is 2. The Kier molecular flexibility index (Phi) is 4.72. The predicted molar refractivity (Wildman–Crippen MR) is 93.5 cm³/mol. The maximum atomic E-state index is 6.41. The molecule has 0 radical (unpaired) electrons. The van der Waals surface area contributed by atoms with E-state index in [1.807, 2.05) is 43.3 Å². The second-order valence-corrected chi connectivity index (χ2v) is 5.58. The Morgan fingerprint density at radius 1 is 1.13 bits per heavy atom. The number of hydrogen-bond donors (Lipinski definition) is 1. The highest BCUT2D eigenvalue weighted by molar-refractivity contribution is 6.32. The van der Waals surface area contributed by atoms with Gasteiger partial charge in [0.1, 0.15) is 5.82 Å². The normalized spacial score (nSPS) is 10.9. The summed E-state index contributed by atoms with van der Waals surface area (Å²) < 4.78 is 11.4. The molecule has 1 heterocycles. The van der Waals surface area contributed by atoms with Gasteiger partial charge in [0.2, 0.25) is 0 Å². The fourth-order valence-corrected chi connectivity index (χ4v) is 2.67. The van der Waals surface area contributed by atoms with Gasteiger partial charge >= 0.3 is 0 Å². The van der Waals surface area contributed by atoms with Gasteiger partial charge in [0.15, 0.2) is 11.5 Å². The summed E-state index contributed by atoms with van der Waals surface area (Å²) in [4.78, 5) is 7.91. The Bertz CT molecular complexity index is 781. The summed E-state index contributed by atoms with van der Waals surface area (Å²) in [5, 5.41) is 0.528. The summed E-state index contributed by atoms with van der Waals surface area (Å²) in [7, 11) is 0. The molecule has 5 heteroatoms. The summed E-state index contributed by atoms with van der Waals surface area (Å²) in [6.07, 6.45) is 0.910. The minimum atomic E-state index is 0.528. The number of fused-ring (bicyclic) bond motifs is 1. The van der Waals surface area contributed by atoms with Crippen molar-refractivity contribution in [3.8, 4) is 22.9 Å². The van der Waals surface area contributed by atoms with Crippen LogP contribution in [0, 0.1) is 0 Å². The lowest BCUT2D eigenvalue weighted by Crippen LogP contribution is -2.01. The number of hydrogen-bond acceptors (Lipinski definition) is 3. The van der Waals surface area contributed by atoms with E-state index in [0.717, 1.165) is 28.8 Å². The van der Waals surface area contributed by atoms with E-state index in [1.165, 1.54) is 0 Å². The molecule has 23 heavy (non-hydrogen) atoms. The quantitative estimate of drug-likeness (QED) is 0.686. The van der Waals surface area contributed by atoms with Crippen LogP contribution in [0.15, 0.2) is 36.4 Å². The van der Waals surface area contributed by atoms with Crippen molar-refractivity contribution in [1.82, 2.24) is 9.97 Å². The lowest BCUT2D eigenvalue weighted by molar-refractivity contribution is 0.277. The Hall–Kier alpha value is -2.20. The molecule has 0 bridgehead atoms. The molecule has 0 fully saturated rings. The van der Waals surface area contributed by atoms with Crippen LogP contribution in [-0.4, -0.2) is 23.2 Å². The molecule has 0 saturated heterocycles. The van der Waals surface area contributed by atoms with Crippen molar-refractivity contribution in [1.29, 1.82) is 0 Å². The van der Waals surface area contributed by atoms with Crippen molar-refractivity contribution in [2.45, 2.75) is 20.3 Å². The summed E-state index contributed by atoms with van der Waals surface area (Å²) >= 11 is 6.41. The Balaban J connectivity index is 2.05. The van der Waals surface area contributed by atoms with Crippen LogP contribution < -0.4 is 9.47 Å². The largest absolute Gasteiger partial charge is 0.490 e. The molecule has 0 spiro atoms. The van der Waals surface area contributed by atoms with Gasteiger partial charge in [-0.05, 0) is 37.6 Å². The monoisotopic (exact) mass is 330 g/mol. The van der Waals surface area contributed by atoms with Crippen molar-refractivity contribution in [2.24, 2.45) is 0 Å². The Labute approximate surface area is 140 Å². The highest BCUT2D eigenvalue weighted by Gasteiger charge is 2.15. The Morgan fingerprint density at radius 3 is 2.70 bits per heavy atom. The zero-order chi connectivity index (χ0) is 16.2. The lowest BCUT2D eigenvalue weighted by atomic mass is 10.2. The minimum Gasteiger partial charge on any atom is -0.490 e. The molecule has 120 valence electrons. The zero-order valence-corrected chi connectivity index (χ0v) is 14.0. The van der Waals surface area contributed by atoms with E-state index in [1.54, 1.807) is 0 Å². The van der Waals surface area contributed by atoms with E-state index < -0.39 is 0 Å². The van der Waals surface area contributed by atoms with E-state index in [-0.39, 0.29) is 0 Å². The third-order valence-corrected chi connectivity index (χ3v) is 3.70. The van der Waals surface area contributed by atoms with E-state index in [4.69, 9.17) is 21.1 Å². The number of halogens is 1. The summed E-state index contributed by atoms with van der Waals surface area (Å²) in [6, 6.07) is 11.7. The topological polar surface area (TPSA) is 47.1 Å². The molecule has 0 amide bonds. The molecular weight excluding hydrogens is 312 g/mol. The molecule has 1 N–H and O–H groups in total. The molecule has 0 atom stereocenters. The number of aromatic amines is 1. The van der Waals surface area contributed by atoms with Crippen molar-refractivity contribution >= 4 is 22.6 Å². The standard InChI is InChI=1S/C18H19ClN2O2/c1-3-9-23-17-13(19)10-12(11-16(17)22-4-2)18-20-14-7-5-6-8-15(14)21-18/h5-8,10-11H,3-4,9H2,1-2H3,(H,20,21). The van der Waals surface area contributed by atoms with Crippen molar-refractivity contribution in [2.75, 3.05) is 13.2 Å². The van der Waals surface area contributed by atoms with Crippen molar-refractivity contribution < 1.29 is 9.47 Å². The first-order valence-electron chi connectivity index (χ1n) is 7.77. The number of aromatic nitrogens is 2. The number of rotatable bonds is 6. The molecule has 0 unspecified atom stereocenters. The van der Waals surface area contributed by atoms with Gasteiger partial charge < -0.3 is 14.5 Å². The van der Waals surface area contributed by atoms with E-state index in [9.17, 15) is 0 Å². The molecule has 3 rings (SSSR count). The third kappa shape index (κ3) is 3.27. The van der Waals surface area contributed by atoms with Gasteiger partial charge in [0.25, 0.3) is 0 Å². The average molecular weight is 331 g/mol. The van der Waals surface area contributed by atoms with Crippen LogP contribution in [0.2, 0.25) is 5.02 Å². The number of benzene rings is 2. The molecular formula is C18H19ClN2O2. The van der Waals surface area contributed by atoms with Crippen LogP contribution >= 0.6 is 11.6 Å². The van der Waals surface area contributed by atoms with Crippen LogP contribution in [0.25, 0.3) is 22.4 Å². The fraction of sp³-hybridized carbons (Fsp3) is 0.278. The first kappa shape index (κ1) is 15.7. The first-order valence-corrected chi connectivity index (χ1v) is 8.15. The molecule has 1 aromatic heterocycles. The molecule has 2 aromatic carbocycles. The van der Waals surface area contributed by atoms with Gasteiger partial charge in [-0.15, -0.1) is 0 Å². The molecule has 3 aromatic rings. The average Bonchev–Trinajstić information content (AvgIpc) is 2.98. The van der Waals surface area contributed by atoms with Gasteiger partial charge in [-0.3, -0.25) is 0 Å². The third-order valence-electron chi connectivity index (χ3n) is 3.42. The maximum Gasteiger partial charge on any atom is 0.179 e. The van der Waals surface area contributed by atoms with E-state index in [2.05, 4.69) is 16.9 Å². The molecule has 0 aliphatic rings. The van der Waals surface area contributed by atoms with Crippen LogP contribution in [0.5, 0.6) is 11.5 Å². The minimum absolute atomic E-state index is 0.528. The molecule has 0 aliphatic carbocycles. The number of nitrogens with one attached hydrogen (secondary N) is 1. The van der Waals surface area contributed by atoms with Gasteiger partial charge in [-0.1, -0.05) is 30.7 Å². The molecule has 0 aliphatic heterocycles. The maximum absolute atomic E-state index is 6.41. The highest BCUT2D eigenvalue weighted by atomic mass is 35.5. The second kappa shape index (κ2) is 6.92.